The maximum atomic E-state index is 12.7. The van der Waals surface area contributed by atoms with Gasteiger partial charge in [0.15, 0.2) is 0 Å². The number of amides is 1. The largest absolute Gasteiger partial charge is 0.341 e. The Kier molecular flexibility index (Phi) is 4.36. The van der Waals surface area contributed by atoms with E-state index in [2.05, 4.69) is 21.0 Å². The fraction of sp³-hybridized carbons (Fsp3) is 0.733. The standard InChI is InChI=1S/C15H23BrN4O/c16-12-10-18-20(11-12)13-4-8-19(9-5-13)14(21)15(17)6-2-1-3-7-15/h10-11,13H,1-9,17H2. The van der Waals surface area contributed by atoms with Crippen LogP contribution in [0.25, 0.3) is 0 Å². The molecule has 116 valence electrons. The van der Waals surface area contributed by atoms with Gasteiger partial charge >= 0.3 is 0 Å². The van der Waals surface area contributed by atoms with E-state index >= 15 is 0 Å². The fourth-order valence-electron chi connectivity index (χ4n) is 3.56. The number of carbonyl (C=O) groups is 1. The molecule has 0 aromatic carbocycles. The summed E-state index contributed by atoms with van der Waals surface area (Å²) in [5, 5.41) is 4.35. The predicted octanol–water partition coefficient (Wildman–Crippen LogP) is 2.47. The number of hydrogen-bond donors (Lipinski definition) is 1. The van der Waals surface area contributed by atoms with Gasteiger partial charge in [0.2, 0.25) is 5.91 Å². The SMILES string of the molecule is NC1(C(=O)N2CCC(n3cc(Br)cn3)CC2)CCCCC1. The van der Waals surface area contributed by atoms with E-state index in [1.807, 2.05) is 22.0 Å². The van der Waals surface area contributed by atoms with E-state index in [1.165, 1.54) is 6.42 Å². The lowest BCUT2D eigenvalue weighted by atomic mass is 9.81. The molecule has 1 amide bonds. The molecule has 2 fully saturated rings. The highest BCUT2D eigenvalue weighted by Gasteiger charge is 2.39. The molecule has 5 nitrogen and oxygen atoms in total. The third-order valence-electron chi connectivity index (χ3n) is 4.87. The molecule has 1 aromatic rings. The maximum absolute atomic E-state index is 12.7. The lowest BCUT2D eigenvalue weighted by Gasteiger charge is -2.40. The second-order valence-electron chi connectivity index (χ2n) is 6.38. The van der Waals surface area contributed by atoms with E-state index in [-0.39, 0.29) is 5.91 Å². The molecule has 1 aliphatic carbocycles. The van der Waals surface area contributed by atoms with Crippen LogP contribution in [0.3, 0.4) is 0 Å². The first-order valence-corrected chi connectivity index (χ1v) is 8.66. The van der Waals surface area contributed by atoms with Crippen molar-refractivity contribution in [2.45, 2.75) is 56.5 Å². The summed E-state index contributed by atoms with van der Waals surface area (Å²) < 4.78 is 3.01. The summed E-state index contributed by atoms with van der Waals surface area (Å²) >= 11 is 3.43. The topological polar surface area (TPSA) is 64.2 Å². The van der Waals surface area contributed by atoms with Crippen LogP contribution in [-0.4, -0.2) is 39.2 Å². The van der Waals surface area contributed by atoms with Crippen LogP contribution in [0.5, 0.6) is 0 Å². The van der Waals surface area contributed by atoms with Crippen LogP contribution in [0.15, 0.2) is 16.9 Å². The molecule has 2 N–H and O–H groups in total. The second kappa shape index (κ2) is 6.08. The van der Waals surface area contributed by atoms with Crippen LogP contribution in [-0.2, 0) is 4.79 Å². The summed E-state index contributed by atoms with van der Waals surface area (Å²) in [6.07, 6.45) is 10.8. The van der Waals surface area contributed by atoms with Crippen LogP contribution in [0.4, 0.5) is 0 Å². The lowest BCUT2D eigenvalue weighted by Crippen LogP contribution is -2.57. The third kappa shape index (κ3) is 3.16. The Labute approximate surface area is 134 Å². The molecule has 1 saturated carbocycles. The highest BCUT2D eigenvalue weighted by Crippen LogP contribution is 2.30. The van der Waals surface area contributed by atoms with E-state index in [4.69, 9.17) is 5.73 Å². The van der Waals surface area contributed by atoms with Gasteiger partial charge in [-0.05, 0) is 41.6 Å². The summed E-state index contributed by atoms with van der Waals surface area (Å²) in [5.41, 5.74) is 5.77. The number of nitrogens with zero attached hydrogens (tertiary/aromatic N) is 3. The van der Waals surface area contributed by atoms with Gasteiger partial charge in [0.25, 0.3) is 0 Å². The van der Waals surface area contributed by atoms with Gasteiger partial charge in [0, 0.05) is 19.3 Å². The average Bonchev–Trinajstić information content (AvgIpc) is 2.94. The third-order valence-corrected chi connectivity index (χ3v) is 5.28. The van der Waals surface area contributed by atoms with Crippen molar-refractivity contribution in [1.29, 1.82) is 0 Å². The van der Waals surface area contributed by atoms with Crippen LogP contribution in [0.1, 0.15) is 51.0 Å². The molecular weight excluding hydrogens is 332 g/mol. The zero-order chi connectivity index (χ0) is 14.9. The average molecular weight is 355 g/mol. The zero-order valence-electron chi connectivity index (χ0n) is 12.3. The van der Waals surface area contributed by atoms with Gasteiger partial charge in [-0.1, -0.05) is 19.3 Å². The number of hydrogen-bond acceptors (Lipinski definition) is 3. The van der Waals surface area contributed by atoms with Crippen molar-refractivity contribution in [3.63, 3.8) is 0 Å². The monoisotopic (exact) mass is 354 g/mol. The van der Waals surface area contributed by atoms with Crippen molar-refractivity contribution in [1.82, 2.24) is 14.7 Å². The highest BCUT2D eigenvalue weighted by molar-refractivity contribution is 9.10. The number of nitrogens with two attached hydrogens (primary N) is 1. The molecule has 0 atom stereocenters. The van der Waals surface area contributed by atoms with Gasteiger partial charge < -0.3 is 10.6 Å². The first-order chi connectivity index (χ1) is 10.1. The molecule has 0 bridgehead atoms. The summed E-state index contributed by atoms with van der Waals surface area (Å²) in [6, 6.07) is 0.389. The normalized spacial score (nSPS) is 23.2. The number of likely N-dealkylation sites (tertiary alicyclic amines) is 1. The fourth-order valence-corrected chi connectivity index (χ4v) is 3.86. The number of rotatable bonds is 2. The summed E-state index contributed by atoms with van der Waals surface area (Å²) in [7, 11) is 0. The Bertz CT molecular complexity index is 502. The molecule has 6 heteroatoms. The zero-order valence-corrected chi connectivity index (χ0v) is 13.9. The molecule has 2 heterocycles. The lowest BCUT2D eigenvalue weighted by molar-refractivity contribution is -0.139. The van der Waals surface area contributed by atoms with Crippen molar-refractivity contribution >= 4 is 21.8 Å². The van der Waals surface area contributed by atoms with Gasteiger partial charge in [0.05, 0.1) is 22.3 Å². The van der Waals surface area contributed by atoms with Crippen molar-refractivity contribution in [3.8, 4) is 0 Å². The maximum Gasteiger partial charge on any atom is 0.242 e. The molecule has 1 saturated heterocycles. The van der Waals surface area contributed by atoms with E-state index in [0.717, 1.165) is 56.1 Å². The minimum Gasteiger partial charge on any atom is -0.341 e. The number of halogens is 1. The molecule has 3 rings (SSSR count). The molecular formula is C15H23BrN4O. The van der Waals surface area contributed by atoms with Crippen LogP contribution in [0, 0.1) is 0 Å². The van der Waals surface area contributed by atoms with Gasteiger partial charge in [0.1, 0.15) is 0 Å². The predicted molar refractivity (Wildman–Crippen MR) is 84.8 cm³/mol. The van der Waals surface area contributed by atoms with Gasteiger partial charge in [-0.25, -0.2) is 0 Å². The Balaban J connectivity index is 1.59. The Morgan fingerprint density at radius 3 is 2.52 bits per heavy atom. The van der Waals surface area contributed by atoms with Gasteiger partial charge in [-0.15, -0.1) is 0 Å². The second-order valence-corrected chi connectivity index (χ2v) is 7.29. The molecule has 0 radical (unpaired) electrons. The van der Waals surface area contributed by atoms with Crippen molar-refractivity contribution < 1.29 is 4.79 Å². The van der Waals surface area contributed by atoms with Gasteiger partial charge in [-0.2, -0.15) is 5.10 Å². The summed E-state index contributed by atoms with van der Waals surface area (Å²) in [4.78, 5) is 14.7. The van der Waals surface area contributed by atoms with E-state index in [1.54, 1.807) is 0 Å². The van der Waals surface area contributed by atoms with E-state index in [9.17, 15) is 4.79 Å². The number of piperidine rings is 1. The highest BCUT2D eigenvalue weighted by atomic mass is 79.9. The quantitative estimate of drug-likeness (QED) is 0.887. The molecule has 0 unspecified atom stereocenters. The van der Waals surface area contributed by atoms with Crippen molar-refractivity contribution in [2.75, 3.05) is 13.1 Å². The van der Waals surface area contributed by atoms with Crippen LogP contribution >= 0.6 is 15.9 Å². The van der Waals surface area contributed by atoms with E-state index in [0.29, 0.717) is 6.04 Å². The first kappa shape index (κ1) is 15.0. The van der Waals surface area contributed by atoms with Crippen molar-refractivity contribution in [3.05, 3.63) is 16.9 Å². The molecule has 1 aliphatic heterocycles. The van der Waals surface area contributed by atoms with Crippen LogP contribution in [0.2, 0.25) is 0 Å². The minimum atomic E-state index is -0.597. The molecule has 21 heavy (non-hydrogen) atoms. The first-order valence-electron chi connectivity index (χ1n) is 7.86. The Morgan fingerprint density at radius 1 is 1.29 bits per heavy atom. The number of carbonyl (C=O) groups excluding carboxylic acids is 1. The smallest absolute Gasteiger partial charge is 0.242 e. The van der Waals surface area contributed by atoms with Gasteiger partial charge in [-0.3, -0.25) is 9.48 Å². The minimum absolute atomic E-state index is 0.169. The van der Waals surface area contributed by atoms with E-state index < -0.39 is 5.54 Å². The molecule has 2 aliphatic rings. The Hall–Kier alpha value is -0.880. The Morgan fingerprint density at radius 2 is 1.95 bits per heavy atom. The molecule has 0 spiro atoms. The van der Waals surface area contributed by atoms with Crippen LogP contribution < -0.4 is 5.73 Å². The summed E-state index contributed by atoms with van der Waals surface area (Å²) in [5.74, 6) is 0.169. The van der Waals surface area contributed by atoms with Crippen molar-refractivity contribution in [2.24, 2.45) is 5.73 Å². The summed E-state index contributed by atoms with van der Waals surface area (Å²) in [6.45, 7) is 1.58. The number of aromatic nitrogens is 2. The molecule has 1 aromatic heterocycles.